The Morgan fingerprint density at radius 1 is 1.20 bits per heavy atom. The molecule has 2 heterocycles. The molecule has 7 heteroatoms. The molecule has 25 heavy (non-hydrogen) atoms. The number of pyridine rings is 1. The number of carbonyl (C=O) groups is 1. The van der Waals surface area contributed by atoms with Crippen molar-refractivity contribution in [1.82, 2.24) is 10.3 Å². The van der Waals surface area contributed by atoms with Crippen LogP contribution in [0.2, 0.25) is 0 Å². The van der Waals surface area contributed by atoms with E-state index in [9.17, 15) is 4.79 Å². The summed E-state index contributed by atoms with van der Waals surface area (Å²) in [5, 5.41) is 6.20. The standard InChI is InChI=1S/C18H21N3O2.2ClH/c22-18(17-9-2-4-11-20-17)21-14-7-5-8-16(12-14)23-13-15-6-1-3-10-19-15;;/h1,3,5-8,10,12,17,20H,2,4,9,11,13H2,(H,21,22);2*1H. The summed E-state index contributed by atoms with van der Waals surface area (Å²) in [5.41, 5.74) is 1.62. The average Bonchev–Trinajstić information content (AvgIpc) is 2.62. The van der Waals surface area contributed by atoms with Crippen LogP contribution in [0.5, 0.6) is 5.75 Å². The highest BCUT2D eigenvalue weighted by Gasteiger charge is 2.20. The molecule has 1 atom stereocenters. The van der Waals surface area contributed by atoms with Crippen molar-refractivity contribution in [2.24, 2.45) is 0 Å². The maximum atomic E-state index is 12.2. The number of nitrogens with zero attached hydrogens (tertiary/aromatic N) is 1. The molecule has 1 aliphatic heterocycles. The monoisotopic (exact) mass is 383 g/mol. The Morgan fingerprint density at radius 3 is 2.80 bits per heavy atom. The lowest BCUT2D eigenvalue weighted by Crippen LogP contribution is -2.43. The van der Waals surface area contributed by atoms with Crippen LogP contribution in [-0.4, -0.2) is 23.5 Å². The van der Waals surface area contributed by atoms with E-state index in [2.05, 4.69) is 15.6 Å². The van der Waals surface area contributed by atoms with Crippen molar-refractivity contribution in [1.29, 1.82) is 0 Å². The number of halogens is 2. The first-order valence-corrected chi connectivity index (χ1v) is 7.98. The maximum absolute atomic E-state index is 12.2. The lowest BCUT2D eigenvalue weighted by Gasteiger charge is -2.22. The van der Waals surface area contributed by atoms with Crippen LogP contribution in [0.4, 0.5) is 5.69 Å². The second-order valence-electron chi connectivity index (χ2n) is 5.63. The van der Waals surface area contributed by atoms with Gasteiger partial charge in [0.2, 0.25) is 5.91 Å². The number of nitrogens with one attached hydrogen (secondary N) is 2. The van der Waals surface area contributed by atoms with Gasteiger partial charge in [-0.1, -0.05) is 18.6 Å². The summed E-state index contributed by atoms with van der Waals surface area (Å²) in [6.45, 7) is 1.31. The van der Waals surface area contributed by atoms with Gasteiger partial charge in [0.05, 0.1) is 11.7 Å². The van der Waals surface area contributed by atoms with Gasteiger partial charge in [0.1, 0.15) is 12.4 Å². The number of piperidine rings is 1. The minimum absolute atomic E-state index is 0. The number of hydrogen-bond donors (Lipinski definition) is 2. The normalized spacial score (nSPS) is 16.1. The molecule has 0 radical (unpaired) electrons. The largest absolute Gasteiger partial charge is 0.487 e. The highest BCUT2D eigenvalue weighted by molar-refractivity contribution is 5.95. The van der Waals surface area contributed by atoms with Crippen LogP contribution in [0, 0.1) is 0 Å². The fourth-order valence-corrected chi connectivity index (χ4v) is 2.61. The minimum atomic E-state index is -0.0955. The summed E-state index contributed by atoms with van der Waals surface area (Å²) in [5.74, 6) is 0.733. The van der Waals surface area contributed by atoms with Crippen LogP contribution in [-0.2, 0) is 11.4 Å². The number of aromatic nitrogens is 1. The molecule has 1 saturated heterocycles. The van der Waals surface area contributed by atoms with Crippen LogP contribution in [0.25, 0.3) is 0 Å². The van der Waals surface area contributed by atoms with Crippen LogP contribution < -0.4 is 15.4 Å². The number of carbonyl (C=O) groups excluding carboxylic acids is 1. The Balaban J connectivity index is 0.00000156. The Morgan fingerprint density at radius 2 is 2.08 bits per heavy atom. The fraction of sp³-hybridized carbons (Fsp3) is 0.333. The number of anilines is 1. The molecule has 0 bridgehead atoms. The van der Waals surface area contributed by atoms with Crippen LogP contribution >= 0.6 is 24.8 Å². The molecule has 1 fully saturated rings. The van der Waals surface area contributed by atoms with Crippen molar-refractivity contribution in [2.75, 3.05) is 11.9 Å². The highest BCUT2D eigenvalue weighted by atomic mass is 35.5. The second-order valence-corrected chi connectivity index (χ2v) is 5.63. The molecule has 1 aromatic carbocycles. The molecule has 0 spiro atoms. The molecule has 0 aliphatic carbocycles. The van der Waals surface area contributed by atoms with Crippen LogP contribution in [0.1, 0.15) is 25.0 Å². The van der Waals surface area contributed by atoms with Crippen LogP contribution in [0.15, 0.2) is 48.7 Å². The first-order chi connectivity index (χ1) is 11.3. The molecule has 136 valence electrons. The van der Waals surface area contributed by atoms with Crippen molar-refractivity contribution >= 4 is 36.4 Å². The second kappa shape index (κ2) is 10.9. The predicted octanol–water partition coefficient (Wildman–Crippen LogP) is 3.58. The first kappa shape index (κ1) is 21.2. The van der Waals surface area contributed by atoms with Gasteiger partial charge in [-0.25, -0.2) is 0 Å². The van der Waals surface area contributed by atoms with Crippen molar-refractivity contribution < 1.29 is 9.53 Å². The number of amides is 1. The molecule has 1 amide bonds. The van der Waals surface area contributed by atoms with E-state index in [0.29, 0.717) is 12.4 Å². The molecule has 1 aromatic heterocycles. The van der Waals surface area contributed by atoms with Crippen molar-refractivity contribution in [3.05, 3.63) is 54.4 Å². The van der Waals surface area contributed by atoms with E-state index in [4.69, 9.17) is 4.74 Å². The SMILES string of the molecule is Cl.Cl.O=C(Nc1cccc(OCc2ccccn2)c1)C1CCCCN1. The van der Waals surface area contributed by atoms with Gasteiger partial charge in [-0.05, 0) is 43.7 Å². The Bertz CT molecular complexity index is 650. The van der Waals surface area contributed by atoms with E-state index in [1.165, 1.54) is 0 Å². The summed E-state index contributed by atoms with van der Waals surface area (Å²) >= 11 is 0. The Labute approximate surface area is 160 Å². The summed E-state index contributed by atoms with van der Waals surface area (Å²) in [6.07, 6.45) is 4.87. The lowest BCUT2D eigenvalue weighted by molar-refractivity contribution is -0.118. The smallest absolute Gasteiger partial charge is 0.241 e. The van der Waals surface area contributed by atoms with E-state index in [1.807, 2.05) is 42.5 Å². The van der Waals surface area contributed by atoms with E-state index in [0.717, 1.165) is 37.2 Å². The van der Waals surface area contributed by atoms with Crippen molar-refractivity contribution in [3.63, 3.8) is 0 Å². The van der Waals surface area contributed by atoms with E-state index in [1.54, 1.807) is 6.20 Å². The van der Waals surface area contributed by atoms with Gasteiger partial charge in [0.25, 0.3) is 0 Å². The summed E-state index contributed by atoms with van der Waals surface area (Å²) in [4.78, 5) is 16.5. The Kier molecular flexibility index (Phi) is 9.27. The van der Waals surface area contributed by atoms with Gasteiger partial charge in [-0.2, -0.15) is 0 Å². The van der Waals surface area contributed by atoms with Crippen molar-refractivity contribution in [3.8, 4) is 5.75 Å². The number of hydrogen-bond acceptors (Lipinski definition) is 4. The average molecular weight is 384 g/mol. The summed E-state index contributed by atoms with van der Waals surface area (Å²) in [6, 6.07) is 13.1. The quantitative estimate of drug-likeness (QED) is 0.827. The van der Waals surface area contributed by atoms with E-state index < -0.39 is 0 Å². The zero-order valence-corrected chi connectivity index (χ0v) is 15.4. The molecular weight excluding hydrogens is 361 g/mol. The third kappa shape index (κ3) is 6.53. The van der Waals surface area contributed by atoms with E-state index >= 15 is 0 Å². The molecule has 5 nitrogen and oxygen atoms in total. The number of rotatable bonds is 5. The molecule has 1 aliphatic rings. The maximum Gasteiger partial charge on any atom is 0.241 e. The topological polar surface area (TPSA) is 63.2 Å². The molecule has 3 rings (SSSR count). The first-order valence-electron chi connectivity index (χ1n) is 7.98. The van der Waals surface area contributed by atoms with Gasteiger partial charge < -0.3 is 15.4 Å². The number of benzene rings is 1. The predicted molar refractivity (Wildman–Crippen MR) is 104 cm³/mol. The summed E-state index contributed by atoms with van der Waals surface area (Å²) < 4.78 is 5.73. The summed E-state index contributed by atoms with van der Waals surface area (Å²) in [7, 11) is 0. The number of ether oxygens (including phenoxy) is 1. The third-order valence-electron chi connectivity index (χ3n) is 3.84. The molecular formula is C18H23Cl2N3O2. The molecule has 1 unspecified atom stereocenters. The Hall–Kier alpha value is -1.82. The zero-order chi connectivity index (χ0) is 15.9. The zero-order valence-electron chi connectivity index (χ0n) is 13.8. The molecule has 0 saturated carbocycles. The van der Waals surface area contributed by atoms with Crippen LogP contribution in [0.3, 0.4) is 0 Å². The van der Waals surface area contributed by atoms with E-state index in [-0.39, 0.29) is 36.8 Å². The van der Waals surface area contributed by atoms with Gasteiger partial charge in [0, 0.05) is 18.0 Å². The van der Waals surface area contributed by atoms with Gasteiger partial charge in [0.15, 0.2) is 0 Å². The van der Waals surface area contributed by atoms with Gasteiger partial charge in [-0.15, -0.1) is 24.8 Å². The molecule has 2 N–H and O–H groups in total. The highest BCUT2D eigenvalue weighted by Crippen LogP contribution is 2.19. The van der Waals surface area contributed by atoms with Gasteiger partial charge in [-0.3, -0.25) is 9.78 Å². The third-order valence-corrected chi connectivity index (χ3v) is 3.84. The fourth-order valence-electron chi connectivity index (χ4n) is 2.61. The minimum Gasteiger partial charge on any atom is -0.487 e. The van der Waals surface area contributed by atoms with Gasteiger partial charge >= 0.3 is 0 Å². The lowest BCUT2D eigenvalue weighted by atomic mass is 10.0. The molecule has 2 aromatic rings. The van der Waals surface area contributed by atoms with Crippen molar-refractivity contribution in [2.45, 2.75) is 31.9 Å².